The van der Waals surface area contributed by atoms with Gasteiger partial charge in [0.15, 0.2) is 6.29 Å². The molecule has 1 fully saturated rings. The molecule has 0 bridgehead atoms. The Balaban J connectivity index is 2.66. The summed E-state index contributed by atoms with van der Waals surface area (Å²) in [5.74, 6) is -0.175. The van der Waals surface area contributed by atoms with Gasteiger partial charge in [-0.05, 0) is 0 Å². The van der Waals surface area contributed by atoms with E-state index in [-0.39, 0.29) is 12.5 Å². The van der Waals surface area contributed by atoms with Crippen molar-refractivity contribution in [2.45, 2.75) is 31.5 Å². The molecule has 3 unspecified atom stereocenters. The molecule has 1 aliphatic rings. The molecule has 1 aliphatic heterocycles. The van der Waals surface area contributed by atoms with E-state index in [4.69, 9.17) is 20.3 Å². The Hall–Kier alpha value is -0.200. The van der Waals surface area contributed by atoms with E-state index >= 15 is 0 Å². The normalized spacial score (nSPS) is 46.4. The van der Waals surface area contributed by atoms with Crippen molar-refractivity contribution in [3.05, 3.63) is 0 Å². The van der Waals surface area contributed by atoms with Crippen LogP contribution in [0, 0.1) is 5.92 Å². The van der Waals surface area contributed by atoms with Crippen LogP contribution in [-0.2, 0) is 9.47 Å². The third-order valence-corrected chi connectivity index (χ3v) is 2.55. The highest BCUT2D eigenvalue weighted by molar-refractivity contribution is 4.88. The molecule has 0 aromatic carbocycles. The maximum atomic E-state index is 9.65. The zero-order valence-electron chi connectivity index (χ0n) is 7.88. The number of ether oxygens (including phenoxy) is 2. The molecule has 1 heterocycles. The van der Waals surface area contributed by atoms with Crippen LogP contribution in [0.4, 0.5) is 0 Å². The topological polar surface area (TPSA) is 84.9 Å². The van der Waals surface area contributed by atoms with Crippen LogP contribution in [0.1, 0.15) is 6.92 Å². The van der Waals surface area contributed by atoms with Crippen molar-refractivity contribution in [2.24, 2.45) is 11.7 Å². The lowest BCUT2D eigenvalue weighted by atomic mass is 9.90. The molecule has 78 valence electrons. The van der Waals surface area contributed by atoms with Crippen molar-refractivity contribution in [1.29, 1.82) is 0 Å². The van der Waals surface area contributed by atoms with Gasteiger partial charge in [0.05, 0.1) is 24.9 Å². The first-order valence-electron chi connectivity index (χ1n) is 4.34. The van der Waals surface area contributed by atoms with Gasteiger partial charge >= 0.3 is 0 Å². The Morgan fingerprint density at radius 3 is 2.62 bits per heavy atom. The molecule has 5 nitrogen and oxygen atoms in total. The molecule has 0 saturated carbocycles. The van der Waals surface area contributed by atoms with Crippen molar-refractivity contribution in [3.8, 4) is 0 Å². The standard InChI is InChI=1S/C8H17NO4/c1-4-5(3-10)13-8(12-2)6(9)7(4)11/h4-8,10-11H,3,9H2,1-2H3/t4-,5?,6?,7?,8+/m0/s1. The quantitative estimate of drug-likeness (QED) is 0.504. The molecule has 5 heteroatoms. The lowest BCUT2D eigenvalue weighted by Gasteiger charge is -2.40. The van der Waals surface area contributed by atoms with Crippen LogP contribution < -0.4 is 5.73 Å². The zero-order chi connectivity index (χ0) is 10.0. The van der Waals surface area contributed by atoms with Crippen LogP contribution >= 0.6 is 0 Å². The Labute approximate surface area is 77.4 Å². The Kier molecular flexibility index (Phi) is 3.63. The van der Waals surface area contributed by atoms with Crippen molar-refractivity contribution >= 4 is 0 Å². The maximum Gasteiger partial charge on any atom is 0.175 e. The first-order valence-corrected chi connectivity index (χ1v) is 4.34. The van der Waals surface area contributed by atoms with E-state index in [1.807, 2.05) is 0 Å². The molecular weight excluding hydrogens is 174 g/mol. The second-order valence-electron chi connectivity index (χ2n) is 3.39. The summed E-state index contributed by atoms with van der Waals surface area (Å²) in [5, 5.41) is 18.6. The maximum absolute atomic E-state index is 9.65. The monoisotopic (exact) mass is 191 g/mol. The highest BCUT2D eigenvalue weighted by Crippen LogP contribution is 2.24. The van der Waals surface area contributed by atoms with Gasteiger partial charge in [-0.25, -0.2) is 0 Å². The molecule has 13 heavy (non-hydrogen) atoms. The molecule has 1 saturated heterocycles. The number of rotatable bonds is 2. The molecule has 0 spiro atoms. The summed E-state index contributed by atoms with van der Waals surface area (Å²) >= 11 is 0. The summed E-state index contributed by atoms with van der Waals surface area (Å²) in [4.78, 5) is 0. The summed E-state index contributed by atoms with van der Waals surface area (Å²) in [5.41, 5.74) is 5.66. The van der Waals surface area contributed by atoms with Gasteiger partial charge in [0, 0.05) is 13.0 Å². The van der Waals surface area contributed by atoms with Crippen molar-refractivity contribution in [1.82, 2.24) is 0 Å². The van der Waals surface area contributed by atoms with Gasteiger partial charge in [-0.3, -0.25) is 0 Å². The lowest BCUT2D eigenvalue weighted by Crippen LogP contribution is -2.58. The average Bonchev–Trinajstić information content (AvgIpc) is 2.15. The molecule has 0 amide bonds. The van der Waals surface area contributed by atoms with Gasteiger partial charge in [0.2, 0.25) is 0 Å². The molecule has 4 N–H and O–H groups in total. The first-order chi connectivity index (χ1) is 6.11. The lowest BCUT2D eigenvalue weighted by molar-refractivity contribution is -0.240. The first kappa shape index (κ1) is 10.9. The highest BCUT2D eigenvalue weighted by atomic mass is 16.7. The Bertz CT molecular complexity index is 146. The minimum Gasteiger partial charge on any atom is -0.394 e. The molecule has 5 atom stereocenters. The SMILES string of the molecule is CO[C@@H]1OC(CO)[C@H](C)C(O)C1N. The van der Waals surface area contributed by atoms with E-state index in [9.17, 15) is 5.11 Å². The summed E-state index contributed by atoms with van der Waals surface area (Å²) in [7, 11) is 1.46. The third-order valence-electron chi connectivity index (χ3n) is 2.55. The van der Waals surface area contributed by atoms with E-state index < -0.39 is 24.5 Å². The van der Waals surface area contributed by atoms with E-state index in [0.29, 0.717) is 0 Å². The van der Waals surface area contributed by atoms with Crippen molar-refractivity contribution in [3.63, 3.8) is 0 Å². The minimum absolute atomic E-state index is 0.134. The Morgan fingerprint density at radius 2 is 2.15 bits per heavy atom. The fraction of sp³-hybridized carbons (Fsp3) is 1.00. The second-order valence-corrected chi connectivity index (χ2v) is 3.39. The summed E-state index contributed by atoms with van der Waals surface area (Å²) in [6, 6.07) is -0.553. The van der Waals surface area contributed by atoms with Crippen LogP contribution in [0.5, 0.6) is 0 Å². The van der Waals surface area contributed by atoms with Crippen LogP contribution in [0.2, 0.25) is 0 Å². The van der Waals surface area contributed by atoms with E-state index in [1.165, 1.54) is 7.11 Å². The fourth-order valence-corrected chi connectivity index (χ4v) is 1.54. The third kappa shape index (κ3) is 2.00. The molecular formula is C8H17NO4. The number of hydrogen-bond acceptors (Lipinski definition) is 5. The van der Waals surface area contributed by atoms with Gasteiger partial charge in [-0.2, -0.15) is 0 Å². The van der Waals surface area contributed by atoms with E-state index in [0.717, 1.165) is 0 Å². The van der Waals surface area contributed by atoms with Crippen LogP contribution in [0.15, 0.2) is 0 Å². The van der Waals surface area contributed by atoms with E-state index in [1.54, 1.807) is 6.92 Å². The van der Waals surface area contributed by atoms with Crippen molar-refractivity contribution < 1.29 is 19.7 Å². The smallest absolute Gasteiger partial charge is 0.175 e. The number of aliphatic hydroxyl groups is 2. The predicted molar refractivity (Wildman–Crippen MR) is 45.9 cm³/mol. The largest absolute Gasteiger partial charge is 0.394 e. The van der Waals surface area contributed by atoms with Crippen molar-refractivity contribution in [2.75, 3.05) is 13.7 Å². The number of nitrogens with two attached hydrogens (primary N) is 1. The summed E-state index contributed by atoms with van der Waals surface area (Å²) in [6.07, 6.45) is -1.74. The molecule has 0 aromatic heterocycles. The van der Waals surface area contributed by atoms with Gasteiger partial charge in [-0.15, -0.1) is 0 Å². The number of hydrogen-bond donors (Lipinski definition) is 3. The minimum atomic E-state index is -0.698. The highest BCUT2D eigenvalue weighted by Gasteiger charge is 2.40. The molecule has 0 aromatic rings. The van der Waals surface area contributed by atoms with Gasteiger partial charge in [0.1, 0.15) is 0 Å². The summed E-state index contributed by atoms with van der Waals surface area (Å²) < 4.78 is 10.3. The number of methoxy groups -OCH3 is 1. The zero-order valence-corrected chi connectivity index (χ0v) is 7.88. The average molecular weight is 191 g/mol. The Morgan fingerprint density at radius 1 is 1.54 bits per heavy atom. The van der Waals surface area contributed by atoms with Crippen LogP contribution in [-0.4, -0.2) is 48.5 Å². The van der Waals surface area contributed by atoms with Gasteiger partial charge in [-0.1, -0.05) is 6.92 Å². The second kappa shape index (κ2) is 4.34. The molecule has 0 aliphatic carbocycles. The molecule has 1 rings (SSSR count). The predicted octanol–water partition coefficient (Wildman–Crippen LogP) is -1.33. The van der Waals surface area contributed by atoms with Gasteiger partial charge in [0.25, 0.3) is 0 Å². The number of aliphatic hydroxyl groups excluding tert-OH is 2. The van der Waals surface area contributed by atoms with Crippen LogP contribution in [0.3, 0.4) is 0 Å². The van der Waals surface area contributed by atoms with E-state index in [2.05, 4.69) is 0 Å². The summed E-state index contributed by atoms with van der Waals surface area (Å²) in [6.45, 7) is 1.65. The fourth-order valence-electron chi connectivity index (χ4n) is 1.54. The molecule has 0 radical (unpaired) electrons. The van der Waals surface area contributed by atoms with Gasteiger partial charge < -0.3 is 25.4 Å². The van der Waals surface area contributed by atoms with Crippen LogP contribution in [0.25, 0.3) is 0 Å².